The highest BCUT2D eigenvalue weighted by atomic mass is 35.5. The lowest BCUT2D eigenvalue weighted by atomic mass is 10.1. The van der Waals surface area contributed by atoms with Crippen LogP contribution in [0.5, 0.6) is 0 Å². The lowest BCUT2D eigenvalue weighted by molar-refractivity contribution is 0.102. The van der Waals surface area contributed by atoms with E-state index in [4.69, 9.17) is 11.6 Å². The Hall–Kier alpha value is -2.09. The van der Waals surface area contributed by atoms with Crippen LogP contribution in [0, 0.1) is 0 Å². The van der Waals surface area contributed by atoms with Crippen LogP contribution in [0.4, 0.5) is 11.4 Å². The van der Waals surface area contributed by atoms with Gasteiger partial charge in [0.2, 0.25) is 10.0 Å². The molecular weight excluding hydrogens is 386 g/mol. The van der Waals surface area contributed by atoms with Crippen molar-refractivity contribution in [1.82, 2.24) is 4.31 Å². The van der Waals surface area contributed by atoms with Crippen molar-refractivity contribution in [2.24, 2.45) is 0 Å². The van der Waals surface area contributed by atoms with E-state index in [1.807, 2.05) is 25.1 Å². The molecule has 6 nitrogen and oxygen atoms in total. The van der Waals surface area contributed by atoms with Gasteiger partial charge in [-0.2, -0.15) is 4.31 Å². The quantitative estimate of drug-likeness (QED) is 0.824. The minimum absolute atomic E-state index is 0.0194. The molecule has 0 bridgehead atoms. The Morgan fingerprint density at radius 2 is 1.81 bits per heavy atom. The second-order valence-corrected chi connectivity index (χ2v) is 8.97. The number of carbonyl (C=O) groups is 1. The van der Waals surface area contributed by atoms with Crippen molar-refractivity contribution in [2.75, 3.05) is 37.4 Å². The standard InChI is InChI=1S/C19H22ClN3O3S/c1-22(2)16-7-5-6-14(12-16)19(24)21-15-8-9-17(20)18(13-15)27(25,26)23-10-3-4-11-23/h5-9,12-13H,3-4,10-11H2,1-2H3,(H,21,24). The molecule has 1 aliphatic heterocycles. The molecule has 0 spiro atoms. The first kappa shape index (κ1) is 19.7. The number of anilines is 2. The average Bonchev–Trinajstić information content (AvgIpc) is 3.19. The molecule has 144 valence electrons. The van der Waals surface area contributed by atoms with Crippen LogP contribution in [0.3, 0.4) is 0 Å². The number of amides is 1. The van der Waals surface area contributed by atoms with Crippen LogP contribution < -0.4 is 10.2 Å². The van der Waals surface area contributed by atoms with E-state index >= 15 is 0 Å². The molecular formula is C19H22ClN3O3S. The highest BCUT2D eigenvalue weighted by molar-refractivity contribution is 7.89. The molecule has 0 atom stereocenters. The number of sulfonamides is 1. The summed E-state index contributed by atoms with van der Waals surface area (Å²) in [6.07, 6.45) is 1.69. The molecule has 2 aromatic rings. The Labute approximate surface area is 164 Å². The molecule has 1 amide bonds. The number of nitrogens with one attached hydrogen (secondary N) is 1. The third-order valence-corrected chi connectivity index (χ3v) is 6.88. The number of carbonyl (C=O) groups excluding carboxylic acids is 1. The van der Waals surface area contributed by atoms with E-state index in [-0.39, 0.29) is 15.8 Å². The SMILES string of the molecule is CN(C)c1cccc(C(=O)Nc2ccc(Cl)c(S(=O)(=O)N3CCCC3)c2)c1. The van der Waals surface area contributed by atoms with Gasteiger partial charge in [-0.1, -0.05) is 17.7 Å². The van der Waals surface area contributed by atoms with Gasteiger partial charge in [-0.05, 0) is 49.2 Å². The zero-order chi connectivity index (χ0) is 19.6. The molecule has 0 unspecified atom stereocenters. The number of benzene rings is 2. The highest BCUT2D eigenvalue weighted by Crippen LogP contribution is 2.30. The van der Waals surface area contributed by atoms with Gasteiger partial charge in [0.25, 0.3) is 5.91 Å². The van der Waals surface area contributed by atoms with Crippen molar-refractivity contribution in [3.05, 3.63) is 53.1 Å². The molecule has 1 aliphatic rings. The summed E-state index contributed by atoms with van der Waals surface area (Å²) in [4.78, 5) is 14.5. The van der Waals surface area contributed by atoms with E-state index in [1.54, 1.807) is 24.3 Å². The smallest absolute Gasteiger partial charge is 0.255 e. The summed E-state index contributed by atoms with van der Waals surface area (Å²) in [5, 5.41) is 2.90. The fraction of sp³-hybridized carbons (Fsp3) is 0.316. The summed E-state index contributed by atoms with van der Waals surface area (Å²) in [5.41, 5.74) is 1.77. The van der Waals surface area contributed by atoms with Crippen molar-refractivity contribution in [1.29, 1.82) is 0 Å². The van der Waals surface area contributed by atoms with Crippen LogP contribution in [-0.4, -0.2) is 45.8 Å². The molecule has 3 rings (SSSR count). The molecule has 27 heavy (non-hydrogen) atoms. The van der Waals surface area contributed by atoms with E-state index in [0.717, 1.165) is 18.5 Å². The molecule has 0 aliphatic carbocycles. The zero-order valence-electron chi connectivity index (χ0n) is 15.3. The lowest BCUT2D eigenvalue weighted by Crippen LogP contribution is -2.28. The first-order chi connectivity index (χ1) is 12.8. The maximum absolute atomic E-state index is 12.8. The maximum Gasteiger partial charge on any atom is 0.255 e. The van der Waals surface area contributed by atoms with Gasteiger partial charge >= 0.3 is 0 Å². The first-order valence-electron chi connectivity index (χ1n) is 8.67. The van der Waals surface area contributed by atoms with E-state index in [2.05, 4.69) is 5.32 Å². The van der Waals surface area contributed by atoms with Gasteiger partial charge < -0.3 is 10.2 Å². The average molecular weight is 408 g/mol. The van der Waals surface area contributed by atoms with Crippen LogP contribution in [0.2, 0.25) is 5.02 Å². The molecule has 2 aromatic carbocycles. The molecule has 0 saturated carbocycles. The summed E-state index contributed by atoms with van der Waals surface area (Å²) < 4.78 is 27.0. The van der Waals surface area contributed by atoms with Crippen molar-refractivity contribution >= 4 is 38.9 Å². The molecule has 1 heterocycles. The second kappa shape index (κ2) is 7.88. The van der Waals surface area contributed by atoms with Gasteiger partial charge in [-0.3, -0.25) is 4.79 Å². The topological polar surface area (TPSA) is 69.7 Å². The minimum atomic E-state index is -3.67. The van der Waals surface area contributed by atoms with Crippen molar-refractivity contribution in [3.8, 4) is 0 Å². The predicted molar refractivity (Wildman–Crippen MR) is 108 cm³/mol. The van der Waals surface area contributed by atoms with Gasteiger partial charge in [0.1, 0.15) is 4.90 Å². The molecule has 1 saturated heterocycles. The van der Waals surface area contributed by atoms with Gasteiger partial charge in [0.15, 0.2) is 0 Å². The lowest BCUT2D eigenvalue weighted by Gasteiger charge is -2.17. The van der Waals surface area contributed by atoms with E-state index in [1.165, 1.54) is 16.4 Å². The van der Waals surface area contributed by atoms with Crippen LogP contribution in [-0.2, 0) is 10.0 Å². The molecule has 1 fully saturated rings. The highest BCUT2D eigenvalue weighted by Gasteiger charge is 2.29. The Kier molecular flexibility index (Phi) is 5.74. The number of hydrogen-bond acceptors (Lipinski definition) is 4. The predicted octanol–water partition coefficient (Wildman–Crippen LogP) is 3.44. The van der Waals surface area contributed by atoms with Gasteiger partial charge in [-0.25, -0.2) is 8.42 Å². The van der Waals surface area contributed by atoms with E-state index in [0.29, 0.717) is 24.3 Å². The van der Waals surface area contributed by atoms with E-state index < -0.39 is 10.0 Å². The fourth-order valence-electron chi connectivity index (χ4n) is 2.97. The zero-order valence-corrected chi connectivity index (χ0v) is 16.8. The Morgan fingerprint density at radius 1 is 1.11 bits per heavy atom. The van der Waals surface area contributed by atoms with Gasteiger partial charge in [-0.15, -0.1) is 0 Å². The van der Waals surface area contributed by atoms with Gasteiger partial charge in [0, 0.05) is 44.1 Å². The van der Waals surface area contributed by atoms with Crippen molar-refractivity contribution in [3.63, 3.8) is 0 Å². The fourth-order valence-corrected chi connectivity index (χ4v) is 4.99. The van der Waals surface area contributed by atoms with Gasteiger partial charge in [0.05, 0.1) is 5.02 Å². The number of hydrogen-bond donors (Lipinski definition) is 1. The molecule has 0 radical (unpaired) electrons. The Bertz CT molecular complexity index is 954. The van der Waals surface area contributed by atoms with Crippen LogP contribution in [0.1, 0.15) is 23.2 Å². The molecule has 0 aromatic heterocycles. The van der Waals surface area contributed by atoms with Crippen LogP contribution in [0.15, 0.2) is 47.4 Å². The summed E-state index contributed by atoms with van der Waals surface area (Å²) in [5.74, 6) is -0.314. The monoisotopic (exact) mass is 407 g/mol. The number of halogens is 1. The molecule has 1 N–H and O–H groups in total. The second-order valence-electron chi connectivity index (χ2n) is 6.66. The minimum Gasteiger partial charge on any atom is -0.378 e. The summed E-state index contributed by atoms with van der Waals surface area (Å²) in [7, 11) is 0.122. The number of rotatable bonds is 5. The Morgan fingerprint density at radius 3 is 2.48 bits per heavy atom. The van der Waals surface area contributed by atoms with Crippen molar-refractivity contribution < 1.29 is 13.2 Å². The Balaban J connectivity index is 1.86. The normalized spacial score (nSPS) is 14.9. The maximum atomic E-state index is 12.8. The van der Waals surface area contributed by atoms with Crippen molar-refractivity contribution in [2.45, 2.75) is 17.7 Å². The third-order valence-electron chi connectivity index (χ3n) is 4.50. The molecule has 8 heteroatoms. The summed E-state index contributed by atoms with van der Waals surface area (Å²) >= 11 is 6.14. The summed E-state index contributed by atoms with van der Waals surface area (Å²) in [6, 6.07) is 11.7. The first-order valence-corrected chi connectivity index (χ1v) is 10.5. The van der Waals surface area contributed by atoms with Crippen LogP contribution >= 0.6 is 11.6 Å². The number of nitrogens with zero attached hydrogens (tertiary/aromatic N) is 2. The van der Waals surface area contributed by atoms with E-state index in [9.17, 15) is 13.2 Å². The third kappa shape index (κ3) is 4.26. The van der Waals surface area contributed by atoms with Crippen LogP contribution in [0.25, 0.3) is 0 Å². The summed E-state index contributed by atoms with van der Waals surface area (Å²) in [6.45, 7) is 0.985. The largest absolute Gasteiger partial charge is 0.378 e.